The first-order valence-electron chi connectivity index (χ1n) is 11.3. The van der Waals surface area contributed by atoms with Crippen molar-refractivity contribution in [3.63, 3.8) is 0 Å². The molecule has 0 amide bonds. The number of ether oxygens (including phenoxy) is 3. The molecule has 10 heteroatoms. The van der Waals surface area contributed by atoms with Crippen molar-refractivity contribution < 1.29 is 23.4 Å². The number of benzene rings is 2. The Morgan fingerprint density at radius 2 is 1.86 bits per heavy atom. The molecule has 1 aliphatic heterocycles. The van der Waals surface area contributed by atoms with Crippen molar-refractivity contribution >= 4 is 28.7 Å². The monoisotopic (exact) mass is 490 g/mol. The topological polar surface area (TPSA) is 97.5 Å². The number of esters is 1. The van der Waals surface area contributed by atoms with Gasteiger partial charge in [0.2, 0.25) is 5.75 Å². The van der Waals surface area contributed by atoms with Crippen molar-refractivity contribution in [2.75, 3.05) is 14.2 Å². The van der Waals surface area contributed by atoms with E-state index in [4.69, 9.17) is 19.2 Å². The number of hydrogen-bond donors (Lipinski definition) is 0. The normalized spacial score (nSPS) is 14.1. The minimum atomic E-state index is -0.874. The van der Waals surface area contributed by atoms with Gasteiger partial charge in [0.1, 0.15) is 17.0 Å². The van der Waals surface area contributed by atoms with Crippen LogP contribution in [0.1, 0.15) is 34.6 Å². The summed E-state index contributed by atoms with van der Waals surface area (Å²) in [5.41, 5.74) is 1.74. The van der Waals surface area contributed by atoms with E-state index in [0.717, 1.165) is 12.0 Å². The second-order valence-corrected chi connectivity index (χ2v) is 8.29. The van der Waals surface area contributed by atoms with Crippen molar-refractivity contribution in [1.29, 1.82) is 0 Å². The largest absolute Gasteiger partial charge is 0.493 e. The van der Waals surface area contributed by atoms with Crippen LogP contribution in [0.15, 0.2) is 47.4 Å². The highest BCUT2D eigenvalue weighted by atomic mass is 19.1. The fraction of sp³-hybridized carbons (Fsp3) is 0.231. The second-order valence-electron chi connectivity index (χ2n) is 8.29. The second kappa shape index (κ2) is 9.29. The molecule has 0 saturated heterocycles. The van der Waals surface area contributed by atoms with Crippen molar-refractivity contribution in [3.05, 3.63) is 75.7 Å². The van der Waals surface area contributed by atoms with Crippen LogP contribution >= 0.6 is 0 Å². The van der Waals surface area contributed by atoms with Gasteiger partial charge in [-0.05, 0) is 54.3 Å². The first-order chi connectivity index (χ1) is 17.4. The van der Waals surface area contributed by atoms with Gasteiger partial charge in [0.05, 0.1) is 26.0 Å². The summed E-state index contributed by atoms with van der Waals surface area (Å²) in [7, 11) is 4.61. The summed E-state index contributed by atoms with van der Waals surface area (Å²) < 4.78 is 33.7. The molecule has 9 nitrogen and oxygen atoms in total. The van der Waals surface area contributed by atoms with E-state index in [1.807, 2.05) is 6.08 Å². The van der Waals surface area contributed by atoms with Crippen LogP contribution in [0.2, 0.25) is 0 Å². The van der Waals surface area contributed by atoms with Gasteiger partial charge in [-0.2, -0.15) is 5.10 Å². The third kappa shape index (κ3) is 4.00. The summed E-state index contributed by atoms with van der Waals surface area (Å²) in [4.78, 5) is 30.3. The van der Waals surface area contributed by atoms with E-state index in [-0.39, 0.29) is 28.4 Å². The Bertz CT molecular complexity index is 1560. The van der Waals surface area contributed by atoms with Crippen LogP contribution < -0.4 is 19.8 Å². The standard InChI is InChI=1S/C26H23FN4O5/c1-30-24-18(14-28-30)25(32)31-10-6-7-16(23(31)29-24)11-15-12-20(34-2)22(21(13-15)35-3)36-26(33)17-8-4-5-9-19(17)27/h4-5,8-9,11-14H,6-7,10H2,1-3H3/b16-11+. The maximum absolute atomic E-state index is 14.1. The predicted octanol–water partition coefficient (Wildman–Crippen LogP) is 3.84. The predicted molar refractivity (Wildman–Crippen MR) is 131 cm³/mol. The van der Waals surface area contributed by atoms with Gasteiger partial charge in [-0.3, -0.25) is 14.0 Å². The molecule has 3 heterocycles. The van der Waals surface area contributed by atoms with Gasteiger partial charge in [0.25, 0.3) is 5.56 Å². The molecule has 2 aromatic heterocycles. The summed E-state index contributed by atoms with van der Waals surface area (Å²) in [5, 5.41) is 4.64. The Balaban J connectivity index is 1.57. The van der Waals surface area contributed by atoms with Gasteiger partial charge in [0, 0.05) is 13.6 Å². The van der Waals surface area contributed by atoms with Crippen LogP contribution in [0, 0.1) is 5.82 Å². The SMILES string of the molecule is COc1cc(/C=C2\CCCn3c2nc2c(cnn2C)c3=O)cc(OC)c1OC(=O)c1ccccc1F. The Morgan fingerprint density at radius 3 is 2.56 bits per heavy atom. The van der Waals surface area contributed by atoms with E-state index >= 15 is 0 Å². The van der Waals surface area contributed by atoms with Crippen molar-refractivity contribution in [1.82, 2.24) is 19.3 Å². The zero-order valence-electron chi connectivity index (χ0n) is 19.9. The first kappa shape index (κ1) is 23.3. The molecule has 0 bridgehead atoms. The number of carbonyl (C=O) groups is 1. The maximum Gasteiger partial charge on any atom is 0.346 e. The molecule has 0 spiro atoms. The molecule has 0 unspecified atom stereocenters. The lowest BCUT2D eigenvalue weighted by molar-refractivity contribution is 0.0719. The first-order valence-corrected chi connectivity index (χ1v) is 11.3. The molecule has 36 heavy (non-hydrogen) atoms. The van der Waals surface area contributed by atoms with Gasteiger partial charge in [-0.25, -0.2) is 14.2 Å². The number of fused-ring (bicyclic) bond motifs is 2. The Hall–Kier alpha value is -4.47. The number of carbonyl (C=O) groups excluding carboxylic acids is 1. The van der Waals surface area contributed by atoms with Crippen LogP contribution in [0.3, 0.4) is 0 Å². The van der Waals surface area contributed by atoms with Crippen LogP contribution in [0.5, 0.6) is 17.2 Å². The minimum absolute atomic E-state index is 0.0328. The van der Waals surface area contributed by atoms with Gasteiger partial charge in [-0.15, -0.1) is 0 Å². The fourth-order valence-corrected chi connectivity index (χ4v) is 4.31. The molecule has 1 aliphatic rings. The van der Waals surface area contributed by atoms with Crippen LogP contribution in [0.25, 0.3) is 22.7 Å². The number of allylic oxidation sites excluding steroid dienone is 1. The van der Waals surface area contributed by atoms with Crippen molar-refractivity contribution in [3.8, 4) is 17.2 Å². The third-order valence-corrected chi connectivity index (χ3v) is 6.08. The highest BCUT2D eigenvalue weighted by Crippen LogP contribution is 2.40. The number of rotatable bonds is 5. The molecule has 5 rings (SSSR count). The lowest BCUT2D eigenvalue weighted by Crippen LogP contribution is -2.27. The molecule has 0 aliphatic carbocycles. The molecule has 0 N–H and O–H groups in total. The zero-order valence-corrected chi connectivity index (χ0v) is 19.9. The maximum atomic E-state index is 14.1. The number of halogens is 1. The van der Waals surface area contributed by atoms with Crippen LogP contribution in [0.4, 0.5) is 4.39 Å². The van der Waals surface area contributed by atoms with E-state index < -0.39 is 11.8 Å². The van der Waals surface area contributed by atoms with Gasteiger partial charge in [-0.1, -0.05) is 12.1 Å². The minimum Gasteiger partial charge on any atom is -0.493 e. The average molecular weight is 490 g/mol. The molecule has 0 radical (unpaired) electrons. The third-order valence-electron chi connectivity index (χ3n) is 6.08. The summed E-state index contributed by atoms with van der Waals surface area (Å²) in [5.74, 6) is -0.493. The lowest BCUT2D eigenvalue weighted by Gasteiger charge is -2.20. The number of methoxy groups -OCH3 is 2. The van der Waals surface area contributed by atoms with Gasteiger partial charge >= 0.3 is 5.97 Å². The Morgan fingerprint density at radius 1 is 1.14 bits per heavy atom. The zero-order chi connectivity index (χ0) is 25.4. The molecular weight excluding hydrogens is 467 g/mol. The fourth-order valence-electron chi connectivity index (χ4n) is 4.31. The molecule has 4 aromatic rings. The van der Waals surface area contributed by atoms with E-state index in [0.29, 0.717) is 35.4 Å². The van der Waals surface area contributed by atoms with E-state index in [1.54, 1.807) is 34.5 Å². The molecule has 0 saturated carbocycles. The lowest BCUT2D eigenvalue weighted by atomic mass is 10.0. The molecular formula is C26H23FN4O5. The molecule has 0 atom stereocenters. The van der Waals surface area contributed by atoms with Gasteiger partial charge < -0.3 is 14.2 Å². The number of aromatic nitrogens is 4. The highest BCUT2D eigenvalue weighted by molar-refractivity contribution is 5.92. The van der Waals surface area contributed by atoms with Crippen molar-refractivity contribution in [2.24, 2.45) is 7.05 Å². The number of nitrogens with zero attached hydrogens (tertiary/aromatic N) is 4. The van der Waals surface area contributed by atoms with E-state index in [9.17, 15) is 14.0 Å². The van der Waals surface area contributed by atoms with Crippen molar-refractivity contribution in [2.45, 2.75) is 19.4 Å². The number of hydrogen-bond acceptors (Lipinski definition) is 7. The number of aryl methyl sites for hydroxylation is 1. The smallest absolute Gasteiger partial charge is 0.346 e. The highest BCUT2D eigenvalue weighted by Gasteiger charge is 2.23. The Labute approximate surface area is 205 Å². The molecule has 184 valence electrons. The van der Waals surface area contributed by atoms with E-state index in [1.165, 1.54) is 38.6 Å². The summed E-state index contributed by atoms with van der Waals surface area (Å²) in [6.45, 7) is 0.570. The van der Waals surface area contributed by atoms with E-state index in [2.05, 4.69) is 5.10 Å². The Kier molecular flexibility index (Phi) is 6.01. The quantitative estimate of drug-likeness (QED) is 0.310. The summed E-state index contributed by atoms with van der Waals surface area (Å²) in [6, 6.07) is 8.91. The van der Waals surface area contributed by atoms with Crippen LogP contribution in [-0.2, 0) is 13.6 Å². The summed E-state index contributed by atoms with van der Waals surface area (Å²) in [6.07, 6.45) is 4.92. The average Bonchev–Trinajstić information content (AvgIpc) is 3.26. The van der Waals surface area contributed by atoms with Gasteiger partial charge in [0.15, 0.2) is 17.1 Å². The molecule has 2 aromatic carbocycles. The summed E-state index contributed by atoms with van der Waals surface area (Å²) >= 11 is 0. The molecule has 0 fully saturated rings. The van der Waals surface area contributed by atoms with Crippen LogP contribution in [-0.4, -0.2) is 39.5 Å².